The fourth-order valence-corrected chi connectivity index (χ4v) is 3.20. The Morgan fingerprint density at radius 2 is 1.92 bits per heavy atom. The molecule has 0 aliphatic carbocycles. The summed E-state index contributed by atoms with van der Waals surface area (Å²) in [5, 5.41) is 12.2. The molecule has 6 nitrogen and oxygen atoms in total. The second-order valence-corrected chi connectivity index (χ2v) is 6.58. The zero-order valence-corrected chi connectivity index (χ0v) is 14.9. The highest BCUT2D eigenvalue weighted by Gasteiger charge is 2.30. The first-order chi connectivity index (χ1) is 12.0. The molecule has 2 N–H and O–H groups in total. The van der Waals surface area contributed by atoms with Crippen molar-refractivity contribution in [2.75, 3.05) is 26.9 Å². The Bertz CT molecular complexity index is 566. The fraction of sp³-hybridized carbons (Fsp3) is 0.579. The van der Waals surface area contributed by atoms with E-state index in [0.29, 0.717) is 19.6 Å². The van der Waals surface area contributed by atoms with E-state index in [4.69, 9.17) is 9.47 Å². The van der Waals surface area contributed by atoms with Crippen molar-refractivity contribution in [1.82, 2.24) is 5.32 Å². The van der Waals surface area contributed by atoms with Crippen LogP contribution in [0.15, 0.2) is 24.3 Å². The van der Waals surface area contributed by atoms with Gasteiger partial charge in [0, 0.05) is 26.2 Å². The Morgan fingerprint density at radius 1 is 1.28 bits per heavy atom. The Labute approximate surface area is 148 Å². The molecule has 0 aromatic heterocycles. The van der Waals surface area contributed by atoms with Crippen molar-refractivity contribution < 1.29 is 24.2 Å². The average Bonchev–Trinajstić information content (AvgIpc) is 2.62. The lowest BCUT2D eigenvalue weighted by Crippen LogP contribution is -2.39. The highest BCUT2D eigenvalue weighted by atomic mass is 16.5. The van der Waals surface area contributed by atoms with Gasteiger partial charge in [-0.1, -0.05) is 19.1 Å². The number of carboxylic acid groups (broad SMARTS) is 1. The molecule has 0 bridgehead atoms. The largest absolute Gasteiger partial charge is 0.497 e. The normalized spacial score (nSPS) is 17.5. The molecule has 0 radical (unpaired) electrons. The van der Waals surface area contributed by atoms with Gasteiger partial charge in [0.05, 0.1) is 13.0 Å². The minimum absolute atomic E-state index is 0.0530. The van der Waals surface area contributed by atoms with Crippen LogP contribution in [0.5, 0.6) is 5.75 Å². The van der Waals surface area contributed by atoms with Gasteiger partial charge in [0.1, 0.15) is 5.75 Å². The quantitative estimate of drug-likeness (QED) is 0.753. The van der Waals surface area contributed by atoms with E-state index in [1.165, 1.54) is 0 Å². The third-order valence-corrected chi connectivity index (χ3v) is 4.85. The number of benzene rings is 1. The van der Waals surface area contributed by atoms with Crippen LogP contribution in [-0.4, -0.2) is 43.9 Å². The molecular weight excluding hydrogens is 322 g/mol. The van der Waals surface area contributed by atoms with Crippen LogP contribution in [-0.2, 0) is 14.3 Å². The highest BCUT2D eigenvalue weighted by Crippen LogP contribution is 2.24. The number of rotatable bonds is 8. The summed E-state index contributed by atoms with van der Waals surface area (Å²) in [5.41, 5.74) is 1.05. The second kappa shape index (κ2) is 9.42. The molecule has 2 atom stereocenters. The predicted molar refractivity (Wildman–Crippen MR) is 93.7 cm³/mol. The molecule has 0 saturated carbocycles. The van der Waals surface area contributed by atoms with Crippen molar-refractivity contribution in [2.24, 2.45) is 11.8 Å². The van der Waals surface area contributed by atoms with E-state index in [1.807, 2.05) is 31.2 Å². The van der Waals surface area contributed by atoms with Gasteiger partial charge in [-0.05, 0) is 42.4 Å². The Morgan fingerprint density at radius 3 is 2.48 bits per heavy atom. The third kappa shape index (κ3) is 5.74. The molecule has 0 spiro atoms. The van der Waals surface area contributed by atoms with Gasteiger partial charge in [0.2, 0.25) is 5.91 Å². The first-order valence-corrected chi connectivity index (χ1v) is 8.72. The van der Waals surface area contributed by atoms with Crippen molar-refractivity contribution in [1.29, 1.82) is 0 Å². The molecular formula is C19H27NO5. The molecule has 1 aliphatic heterocycles. The number of nitrogens with one attached hydrogen (secondary N) is 1. The van der Waals surface area contributed by atoms with Crippen molar-refractivity contribution in [3.05, 3.63) is 29.8 Å². The number of ether oxygens (including phenoxy) is 2. The van der Waals surface area contributed by atoms with E-state index < -0.39 is 11.9 Å². The lowest BCUT2D eigenvalue weighted by molar-refractivity contribution is -0.145. The molecule has 25 heavy (non-hydrogen) atoms. The summed E-state index contributed by atoms with van der Waals surface area (Å²) in [7, 11) is 1.61. The molecule has 1 heterocycles. The smallest absolute Gasteiger partial charge is 0.308 e. The summed E-state index contributed by atoms with van der Waals surface area (Å²) in [6.07, 6.45) is 1.79. The fourth-order valence-electron chi connectivity index (χ4n) is 3.20. The van der Waals surface area contributed by atoms with Crippen LogP contribution in [0.4, 0.5) is 0 Å². The maximum Gasteiger partial charge on any atom is 0.308 e. The summed E-state index contributed by atoms with van der Waals surface area (Å²) in [6.45, 7) is 3.34. The van der Waals surface area contributed by atoms with Gasteiger partial charge >= 0.3 is 5.97 Å². The number of hydrogen-bond donors (Lipinski definition) is 2. The van der Waals surface area contributed by atoms with Gasteiger partial charge in [0.25, 0.3) is 0 Å². The predicted octanol–water partition coefficient (Wildman–Crippen LogP) is 2.43. The monoisotopic (exact) mass is 349 g/mol. The standard InChI is InChI=1S/C19H27NO5/c1-13(14-3-5-16(24-2)6-4-14)11-18(21)20-12-17(19(22)23)15-7-9-25-10-8-15/h3-6,13,15,17H,7-12H2,1-2H3,(H,20,21)(H,22,23). The molecule has 1 fully saturated rings. The lowest BCUT2D eigenvalue weighted by atomic mass is 9.86. The number of carbonyl (C=O) groups is 2. The number of carboxylic acids is 1. The number of hydrogen-bond acceptors (Lipinski definition) is 4. The van der Waals surface area contributed by atoms with Gasteiger partial charge in [-0.15, -0.1) is 0 Å². The van der Waals surface area contributed by atoms with Crippen LogP contribution in [0.1, 0.15) is 37.7 Å². The molecule has 1 aromatic rings. The number of amides is 1. The SMILES string of the molecule is COc1ccc(C(C)CC(=O)NCC(C(=O)O)C2CCOCC2)cc1. The van der Waals surface area contributed by atoms with Crippen molar-refractivity contribution in [2.45, 2.75) is 32.1 Å². The molecule has 2 rings (SSSR count). The number of carbonyl (C=O) groups excluding carboxylic acids is 1. The van der Waals surface area contributed by atoms with E-state index in [0.717, 1.165) is 24.2 Å². The molecule has 6 heteroatoms. The molecule has 2 unspecified atom stereocenters. The van der Waals surface area contributed by atoms with Crippen LogP contribution in [0.2, 0.25) is 0 Å². The van der Waals surface area contributed by atoms with Gasteiger partial charge in [-0.3, -0.25) is 9.59 Å². The zero-order valence-electron chi connectivity index (χ0n) is 14.9. The summed E-state index contributed by atoms with van der Waals surface area (Å²) >= 11 is 0. The van der Waals surface area contributed by atoms with E-state index in [-0.39, 0.29) is 24.3 Å². The second-order valence-electron chi connectivity index (χ2n) is 6.58. The van der Waals surface area contributed by atoms with Crippen LogP contribution in [0, 0.1) is 11.8 Å². The first kappa shape index (κ1) is 19.2. The van der Waals surface area contributed by atoms with Gasteiger partial charge in [-0.25, -0.2) is 0 Å². The number of aliphatic carboxylic acids is 1. The van der Waals surface area contributed by atoms with E-state index in [2.05, 4.69) is 5.32 Å². The summed E-state index contributed by atoms with van der Waals surface area (Å²) in [5.74, 6) is -0.634. The molecule has 1 amide bonds. The lowest BCUT2D eigenvalue weighted by Gasteiger charge is -2.27. The van der Waals surface area contributed by atoms with Crippen LogP contribution < -0.4 is 10.1 Å². The molecule has 138 valence electrons. The maximum atomic E-state index is 12.2. The summed E-state index contributed by atoms with van der Waals surface area (Å²) in [6, 6.07) is 7.63. The van der Waals surface area contributed by atoms with Crippen molar-refractivity contribution >= 4 is 11.9 Å². The third-order valence-electron chi connectivity index (χ3n) is 4.85. The van der Waals surface area contributed by atoms with Gasteiger partial charge < -0.3 is 19.9 Å². The van der Waals surface area contributed by atoms with Gasteiger partial charge in [-0.2, -0.15) is 0 Å². The average molecular weight is 349 g/mol. The Balaban J connectivity index is 1.84. The van der Waals surface area contributed by atoms with E-state index in [1.54, 1.807) is 7.11 Å². The van der Waals surface area contributed by atoms with Gasteiger partial charge in [0.15, 0.2) is 0 Å². The zero-order chi connectivity index (χ0) is 18.2. The summed E-state index contributed by atoms with van der Waals surface area (Å²) in [4.78, 5) is 23.7. The minimum Gasteiger partial charge on any atom is -0.497 e. The van der Waals surface area contributed by atoms with Crippen molar-refractivity contribution in [3.8, 4) is 5.75 Å². The number of methoxy groups -OCH3 is 1. The topological polar surface area (TPSA) is 84.9 Å². The van der Waals surface area contributed by atoms with Crippen LogP contribution >= 0.6 is 0 Å². The molecule has 1 aromatic carbocycles. The Hall–Kier alpha value is -2.08. The van der Waals surface area contributed by atoms with E-state index in [9.17, 15) is 14.7 Å². The van der Waals surface area contributed by atoms with Crippen LogP contribution in [0.3, 0.4) is 0 Å². The summed E-state index contributed by atoms with van der Waals surface area (Å²) < 4.78 is 10.4. The molecule has 1 saturated heterocycles. The van der Waals surface area contributed by atoms with Crippen LogP contribution in [0.25, 0.3) is 0 Å². The minimum atomic E-state index is -0.851. The maximum absolute atomic E-state index is 12.2. The highest BCUT2D eigenvalue weighted by molar-refractivity contribution is 5.78. The van der Waals surface area contributed by atoms with Crippen molar-refractivity contribution in [3.63, 3.8) is 0 Å². The van der Waals surface area contributed by atoms with E-state index >= 15 is 0 Å². The Kier molecular flexibility index (Phi) is 7.25. The first-order valence-electron chi connectivity index (χ1n) is 8.72. The molecule has 1 aliphatic rings.